The summed E-state index contributed by atoms with van der Waals surface area (Å²) in [6.45, 7) is 0. The third-order valence-corrected chi connectivity index (χ3v) is 2.88. The highest BCUT2D eigenvalue weighted by atomic mass is 16.5. The van der Waals surface area contributed by atoms with Crippen molar-refractivity contribution >= 4 is 16.7 Å². The topological polar surface area (TPSA) is 111 Å². The van der Waals surface area contributed by atoms with E-state index in [2.05, 4.69) is 20.2 Å². The van der Waals surface area contributed by atoms with Gasteiger partial charge < -0.3 is 15.7 Å². The lowest BCUT2D eigenvalue weighted by Gasteiger charge is -2.10. The molecule has 3 rings (SSSR count). The van der Waals surface area contributed by atoms with Gasteiger partial charge >= 0.3 is 6.01 Å². The van der Waals surface area contributed by atoms with E-state index >= 15 is 0 Å². The summed E-state index contributed by atoms with van der Waals surface area (Å²) in [5.74, 6) is 0.293. The standard InChI is InChI=1S/C13H12N6O2/c1-19-7-16-13(17-19)21-11-8-4-2-3-5-10(8)15-6-9(11)12(14)18-20/h2-7,20H,1H3,(H2,14,18). The van der Waals surface area contributed by atoms with E-state index < -0.39 is 0 Å². The highest BCUT2D eigenvalue weighted by molar-refractivity contribution is 6.04. The molecule has 0 aliphatic heterocycles. The molecule has 1 aromatic carbocycles. The molecule has 2 aromatic heterocycles. The molecule has 0 saturated carbocycles. The van der Waals surface area contributed by atoms with Crippen LogP contribution >= 0.6 is 0 Å². The van der Waals surface area contributed by atoms with E-state index in [9.17, 15) is 0 Å². The Morgan fingerprint density at radius 1 is 1.33 bits per heavy atom. The van der Waals surface area contributed by atoms with Crippen LogP contribution in [0.5, 0.6) is 11.8 Å². The number of para-hydroxylation sites is 1. The Hall–Kier alpha value is -3.16. The Morgan fingerprint density at radius 3 is 2.86 bits per heavy atom. The van der Waals surface area contributed by atoms with Crippen LogP contribution in [-0.4, -0.2) is 30.8 Å². The van der Waals surface area contributed by atoms with Crippen molar-refractivity contribution < 1.29 is 9.94 Å². The van der Waals surface area contributed by atoms with Gasteiger partial charge in [-0.2, -0.15) is 4.98 Å². The van der Waals surface area contributed by atoms with Gasteiger partial charge in [-0.3, -0.25) is 9.67 Å². The van der Waals surface area contributed by atoms with Crippen molar-refractivity contribution in [2.45, 2.75) is 0 Å². The van der Waals surface area contributed by atoms with Crippen LogP contribution in [0.2, 0.25) is 0 Å². The van der Waals surface area contributed by atoms with Gasteiger partial charge in [0.05, 0.1) is 11.1 Å². The first-order valence-corrected chi connectivity index (χ1v) is 6.08. The maximum atomic E-state index is 8.90. The molecule has 8 heteroatoms. The van der Waals surface area contributed by atoms with Crippen molar-refractivity contribution in [2.75, 3.05) is 0 Å². The van der Waals surface area contributed by atoms with Gasteiger partial charge in [-0.25, -0.2) is 0 Å². The molecule has 106 valence electrons. The molecule has 0 aliphatic rings. The Kier molecular flexibility index (Phi) is 3.11. The predicted octanol–water partition coefficient (Wildman–Crippen LogP) is 1.25. The number of fused-ring (bicyclic) bond motifs is 1. The molecule has 0 bridgehead atoms. The molecule has 3 aromatic rings. The van der Waals surface area contributed by atoms with Gasteiger partial charge in [0.2, 0.25) is 0 Å². The zero-order valence-corrected chi connectivity index (χ0v) is 11.1. The average Bonchev–Trinajstić information content (AvgIpc) is 2.92. The molecule has 0 spiro atoms. The maximum Gasteiger partial charge on any atom is 0.341 e. The minimum absolute atomic E-state index is 0.0980. The number of hydrogen-bond acceptors (Lipinski definition) is 6. The van der Waals surface area contributed by atoms with Crippen LogP contribution in [0.25, 0.3) is 10.9 Å². The number of nitrogens with zero attached hydrogens (tertiary/aromatic N) is 5. The number of benzene rings is 1. The summed E-state index contributed by atoms with van der Waals surface area (Å²) in [6.07, 6.45) is 3.00. The van der Waals surface area contributed by atoms with E-state index in [0.29, 0.717) is 16.7 Å². The van der Waals surface area contributed by atoms with Crippen LogP contribution < -0.4 is 10.5 Å². The normalized spacial score (nSPS) is 11.8. The number of amidine groups is 1. The predicted molar refractivity (Wildman–Crippen MR) is 75.3 cm³/mol. The van der Waals surface area contributed by atoms with Crippen molar-refractivity contribution in [3.8, 4) is 11.8 Å². The molecule has 0 unspecified atom stereocenters. The molecular weight excluding hydrogens is 272 g/mol. The molecule has 0 saturated heterocycles. The maximum absolute atomic E-state index is 8.90. The van der Waals surface area contributed by atoms with Crippen molar-refractivity contribution in [3.05, 3.63) is 42.4 Å². The lowest BCUT2D eigenvalue weighted by atomic mass is 10.1. The molecular formula is C13H12N6O2. The smallest absolute Gasteiger partial charge is 0.341 e. The van der Waals surface area contributed by atoms with Crippen LogP contribution in [0.15, 0.2) is 41.9 Å². The molecule has 2 heterocycles. The van der Waals surface area contributed by atoms with Crippen molar-refractivity contribution in [1.82, 2.24) is 19.7 Å². The summed E-state index contributed by atoms with van der Waals surface area (Å²) < 4.78 is 7.23. The lowest BCUT2D eigenvalue weighted by Crippen LogP contribution is -2.15. The number of nitrogens with two attached hydrogens (primary N) is 1. The number of hydrogen-bond donors (Lipinski definition) is 2. The van der Waals surface area contributed by atoms with Crippen molar-refractivity contribution in [1.29, 1.82) is 0 Å². The second kappa shape index (κ2) is 5.08. The Bertz CT molecular complexity index is 826. The number of aromatic nitrogens is 4. The van der Waals surface area contributed by atoms with E-state index in [-0.39, 0.29) is 11.8 Å². The molecule has 0 aliphatic carbocycles. The first-order valence-electron chi connectivity index (χ1n) is 6.08. The highest BCUT2D eigenvalue weighted by Crippen LogP contribution is 2.31. The van der Waals surface area contributed by atoms with Gasteiger partial charge in [-0.05, 0) is 12.1 Å². The quantitative estimate of drug-likeness (QED) is 0.324. The summed E-state index contributed by atoms with van der Waals surface area (Å²) in [5, 5.41) is 16.7. The zero-order valence-electron chi connectivity index (χ0n) is 11.1. The van der Waals surface area contributed by atoms with Crippen LogP contribution in [-0.2, 0) is 7.05 Å². The average molecular weight is 284 g/mol. The number of aryl methyl sites for hydroxylation is 1. The lowest BCUT2D eigenvalue weighted by molar-refractivity contribution is 0.318. The van der Waals surface area contributed by atoms with Gasteiger partial charge in [0.25, 0.3) is 0 Å². The number of rotatable bonds is 3. The summed E-state index contributed by atoms with van der Waals surface area (Å²) >= 11 is 0. The van der Waals surface area contributed by atoms with Crippen molar-refractivity contribution in [2.24, 2.45) is 17.9 Å². The minimum atomic E-state index is -0.0980. The SMILES string of the molecule is Cn1cnc(Oc2c(/C(N)=N/O)cnc3ccccc23)n1. The van der Waals surface area contributed by atoms with Gasteiger partial charge in [0.1, 0.15) is 6.33 Å². The van der Waals surface area contributed by atoms with Crippen LogP contribution in [0, 0.1) is 0 Å². The highest BCUT2D eigenvalue weighted by Gasteiger charge is 2.16. The second-order valence-electron chi connectivity index (χ2n) is 4.31. The second-order valence-corrected chi connectivity index (χ2v) is 4.31. The van der Waals surface area contributed by atoms with Gasteiger partial charge in [-0.1, -0.05) is 17.3 Å². The van der Waals surface area contributed by atoms with Crippen LogP contribution in [0.1, 0.15) is 5.56 Å². The third-order valence-electron chi connectivity index (χ3n) is 2.88. The molecule has 0 radical (unpaired) electrons. The molecule has 3 N–H and O–H groups in total. The first kappa shape index (κ1) is 12.9. The summed E-state index contributed by atoms with van der Waals surface area (Å²) in [6, 6.07) is 7.54. The number of ether oxygens (including phenoxy) is 1. The molecule has 21 heavy (non-hydrogen) atoms. The zero-order chi connectivity index (χ0) is 14.8. The Labute approximate surface area is 119 Å². The van der Waals surface area contributed by atoms with Crippen LogP contribution in [0.3, 0.4) is 0 Å². The molecule has 0 amide bonds. The van der Waals surface area contributed by atoms with Gasteiger partial charge in [0, 0.05) is 18.6 Å². The van der Waals surface area contributed by atoms with E-state index in [0.717, 1.165) is 5.52 Å². The largest absolute Gasteiger partial charge is 0.422 e. The van der Waals surface area contributed by atoms with Gasteiger partial charge in [-0.15, -0.1) is 5.10 Å². The first-order chi connectivity index (χ1) is 10.2. The number of pyridine rings is 1. The number of oxime groups is 1. The summed E-state index contributed by atoms with van der Waals surface area (Å²) in [7, 11) is 1.73. The third kappa shape index (κ3) is 2.34. The Morgan fingerprint density at radius 2 is 2.14 bits per heavy atom. The summed E-state index contributed by atoms with van der Waals surface area (Å²) in [4.78, 5) is 8.27. The molecule has 0 atom stereocenters. The van der Waals surface area contributed by atoms with Crippen molar-refractivity contribution in [3.63, 3.8) is 0 Å². The fourth-order valence-electron chi connectivity index (χ4n) is 1.92. The fourth-order valence-corrected chi connectivity index (χ4v) is 1.92. The van der Waals surface area contributed by atoms with E-state index in [4.69, 9.17) is 15.7 Å². The van der Waals surface area contributed by atoms with E-state index in [1.807, 2.05) is 24.3 Å². The minimum Gasteiger partial charge on any atom is -0.422 e. The van der Waals surface area contributed by atoms with E-state index in [1.165, 1.54) is 17.2 Å². The molecule has 8 nitrogen and oxygen atoms in total. The summed E-state index contributed by atoms with van der Waals surface area (Å²) in [5.41, 5.74) is 6.76. The van der Waals surface area contributed by atoms with Gasteiger partial charge in [0.15, 0.2) is 11.6 Å². The van der Waals surface area contributed by atoms with Crippen LogP contribution in [0.4, 0.5) is 0 Å². The fraction of sp³-hybridized carbons (Fsp3) is 0.0769. The monoisotopic (exact) mass is 284 g/mol. The Balaban J connectivity index is 2.20. The molecule has 0 fully saturated rings. The van der Waals surface area contributed by atoms with E-state index in [1.54, 1.807) is 7.05 Å².